The number of rotatable bonds is 5. The molecule has 2 N–H and O–H groups in total. The summed E-state index contributed by atoms with van der Waals surface area (Å²) in [6, 6.07) is 0. The van der Waals surface area contributed by atoms with E-state index in [0.29, 0.717) is 12.2 Å². The third kappa shape index (κ3) is 2.80. The number of hydrogen-bond acceptors (Lipinski definition) is 3. The van der Waals surface area contributed by atoms with Crippen LogP contribution >= 0.6 is 11.8 Å². The zero-order valence-electron chi connectivity index (χ0n) is 6.46. The van der Waals surface area contributed by atoms with Gasteiger partial charge < -0.3 is 10.4 Å². The van der Waals surface area contributed by atoms with Crippen LogP contribution in [0.3, 0.4) is 0 Å². The summed E-state index contributed by atoms with van der Waals surface area (Å²) in [4.78, 5) is 20.6. The molecule has 1 atom stereocenters. The highest BCUT2D eigenvalue weighted by atomic mass is 32.2. The van der Waals surface area contributed by atoms with Crippen molar-refractivity contribution >= 4 is 24.1 Å². The highest BCUT2D eigenvalue weighted by molar-refractivity contribution is 7.98. The zero-order valence-corrected chi connectivity index (χ0v) is 7.27. The van der Waals surface area contributed by atoms with Crippen LogP contribution in [-0.4, -0.2) is 35.0 Å². The molecule has 0 fully saturated rings. The number of nitrogens with one attached hydrogen (secondary N) is 1. The second-order valence-corrected chi connectivity index (χ2v) is 3.20. The summed E-state index contributed by atoms with van der Waals surface area (Å²) in [5, 5.41) is 10.9. The van der Waals surface area contributed by atoms with E-state index in [1.54, 1.807) is 6.26 Å². The Kier molecular flexibility index (Phi) is 3.95. The highest BCUT2D eigenvalue weighted by Crippen LogP contribution is 2.09. The number of carbonyl (C=O) groups excluding carboxylic acids is 1. The van der Waals surface area contributed by atoms with Crippen LogP contribution in [0.4, 0.5) is 0 Å². The summed E-state index contributed by atoms with van der Waals surface area (Å²) in [7, 11) is 0. The molecule has 4 nitrogen and oxygen atoms in total. The third-order valence-electron chi connectivity index (χ3n) is 1.28. The van der Waals surface area contributed by atoms with Crippen molar-refractivity contribution in [3.05, 3.63) is 0 Å². The van der Waals surface area contributed by atoms with Crippen molar-refractivity contribution in [1.29, 1.82) is 0 Å². The van der Waals surface area contributed by atoms with E-state index in [1.807, 2.05) is 0 Å². The SMILES string of the molecule is CSCC(C)(NC=O)C(=O)O. The number of aliphatic carboxylic acids is 1. The topological polar surface area (TPSA) is 66.4 Å². The van der Waals surface area contributed by atoms with Gasteiger partial charge in [0.2, 0.25) is 6.41 Å². The Balaban J connectivity index is 4.24. The Hall–Kier alpha value is -0.710. The minimum absolute atomic E-state index is 0.362. The molecule has 0 aliphatic rings. The molecule has 1 amide bonds. The number of carboxylic acid groups (broad SMARTS) is 1. The van der Waals surface area contributed by atoms with Crippen molar-refractivity contribution < 1.29 is 14.7 Å². The van der Waals surface area contributed by atoms with Gasteiger partial charge in [0.25, 0.3) is 0 Å². The first-order valence-electron chi connectivity index (χ1n) is 3.00. The molecule has 0 rings (SSSR count). The fourth-order valence-corrected chi connectivity index (χ4v) is 1.37. The Morgan fingerprint density at radius 3 is 2.64 bits per heavy atom. The number of thioether (sulfide) groups is 1. The van der Waals surface area contributed by atoms with Gasteiger partial charge in [-0.15, -0.1) is 0 Å². The van der Waals surface area contributed by atoms with Crippen LogP contribution in [0.15, 0.2) is 0 Å². The molecule has 0 heterocycles. The van der Waals surface area contributed by atoms with E-state index < -0.39 is 11.5 Å². The van der Waals surface area contributed by atoms with E-state index in [1.165, 1.54) is 18.7 Å². The fourth-order valence-electron chi connectivity index (χ4n) is 0.584. The van der Waals surface area contributed by atoms with Gasteiger partial charge in [0.1, 0.15) is 5.54 Å². The lowest BCUT2D eigenvalue weighted by Crippen LogP contribution is -2.51. The number of amides is 1. The molecule has 0 aromatic carbocycles. The first-order valence-corrected chi connectivity index (χ1v) is 4.40. The molecule has 0 aliphatic heterocycles. The molecular weight excluding hydrogens is 166 g/mol. The van der Waals surface area contributed by atoms with Gasteiger partial charge in [-0.3, -0.25) is 4.79 Å². The van der Waals surface area contributed by atoms with E-state index in [9.17, 15) is 9.59 Å². The molecule has 0 aromatic rings. The minimum Gasteiger partial charge on any atom is -0.479 e. The van der Waals surface area contributed by atoms with E-state index in [4.69, 9.17) is 5.11 Å². The smallest absolute Gasteiger partial charge is 0.329 e. The summed E-state index contributed by atoms with van der Waals surface area (Å²) in [6.45, 7) is 1.47. The summed E-state index contributed by atoms with van der Waals surface area (Å²) in [5.41, 5.74) is -1.14. The molecule has 0 saturated carbocycles. The van der Waals surface area contributed by atoms with Gasteiger partial charge in [0.15, 0.2) is 0 Å². The quantitative estimate of drug-likeness (QED) is 0.577. The standard InChI is InChI=1S/C6H11NO3S/c1-6(3-11-2,5(9)10)7-4-8/h4H,3H2,1-2H3,(H,7,8)(H,9,10). The first kappa shape index (κ1) is 10.3. The maximum absolute atomic E-state index is 10.6. The highest BCUT2D eigenvalue weighted by Gasteiger charge is 2.31. The van der Waals surface area contributed by atoms with Crippen LogP contribution < -0.4 is 5.32 Å². The average Bonchev–Trinajstić information content (AvgIpc) is 1.88. The minimum atomic E-state index is -1.14. The molecule has 0 saturated heterocycles. The Morgan fingerprint density at radius 2 is 2.36 bits per heavy atom. The lowest BCUT2D eigenvalue weighted by atomic mass is 10.1. The predicted octanol–water partition coefficient (Wildman–Crippen LogP) is -0.0613. The lowest BCUT2D eigenvalue weighted by molar-refractivity contribution is -0.144. The second kappa shape index (κ2) is 4.23. The van der Waals surface area contributed by atoms with Crippen LogP contribution in [0.5, 0.6) is 0 Å². The molecule has 0 aliphatic carbocycles. The second-order valence-electron chi connectivity index (χ2n) is 2.33. The molecule has 0 radical (unpaired) electrons. The number of carboxylic acids is 1. The maximum atomic E-state index is 10.6. The van der Waals surface area contributed by atoms with Gasteiger partial charge in [-0.05, 0) is 13.2 Å². The van der Waals surface area contributed by atoms with Gasteiger partial charge in [-0.1, -0.05) is 0 Å². The first-order chi connectivity index (χ1) is 5.06. The molecule has 0 bridgehead atoms. The summed E-state index contributed by atoms with van der Waals surface area (Å²) in [5.74, 6) is -0.653. The molecule has 1 unspecified atom stereocenters. The van der Waals surface area contributed by atoms with Crippen molar-refractivity contribution in [3.63, 3.8) is 0 Å². The van der Waals surface area contributed by atoms with Crippen molar-refractivity contribution in [3.8, 4) is 0 Å². The Bertz CT molecular complexity index is 162. The van der Waals surface area contributed by atoms with Gasteiger partial charge in [-0.25, -0.2) is 4.79 Å². The zero-order chi connectivity index (χ0) is 8.91. The van der Waals surface area contributed by atoms with Crippen molar-refractivity contribution in [2.45, 2.75) is 12.5 Å². The van der Waals surface area contributed by atoms with Crippen molar-refractivity contribution in [2.75, 3.05) is 12.0 Å². The average molecular weight is 177 g/mol. The largest absolute Gasteiger partial charge is 0.479 e. The summed E-state index contributed by atoms with van der Waals surface area (Å²) >= 11 is 1.37. The molecule has 0 aromatic heterocycles. The summed E-state index contributed by atoms with van der Waals surface area (Å²) in [6.07, 6.45) is 2.19. The molecular formula is C6H11NO3S. The van der Waals surface area contributed by atoms with Gasteiger partial charge >= 0.3 is 5.97 Å². The molecule has 5 heteroatoms. The van der Waals surface area contributed by atoms with Crippen LogP contribution in [0.25, 0.3) is 0 Å². The predicted molar refractivity (Wildman–Crippen MR) is 43.6 cm³/mol. The van der Waals surface area contributed by atoms with Crippen LogP contribution in [0.1, 0.15) is 6.92 Å². The van der Waals surface area contributed by atoms with Crippen LogP contribution in [0.2, 0.25) is 0 Å². The Morgan fingerprint density at radius 1 is 1.82 bits per heavy atom. The van der Waals surface area contributed by atoms with Crippen LogP contribution in [-0.2, 0) is 9.59 Å². The van der Waals surface area contributed by atoms with E-state index in [-0.39, 0.29) is 0 Å². The maximum Gasteiger partial charge on any atom is 0.329 e. The summed E-state index contributed by atoms with van der Waals surface area (Å²) < 4.78 is 0. The van der Waals surface area contributed by atoms with Gasteiger partial charge in [0, 0.05) is 5.75 Å². The van der Waals surface area contributed by atoms with E-state index in [0.717, 1.165) is 0 Å². The van der Waals surface area contributed by atoms with Crippen LogP contribution in [0, 0.1) is 0 Å². The Labute approximate surface area is 69.4 Å². The van der Waals surface area contributed by atoms with Crippen molar-refractivity contribution in [2.24, 2.45) is 0 Å². The van der Waals surface area contributed by atoms with E-state index >= 15 is 0 Å². The molecule has 0 spiro atoms. The third-order valence-corrected chi connectivity index (χ3v) is 2.15. The molecule has 64 valence electrons. The normalized spacial score (nSPS) is 15.1. The number of hydrogen-bond donors (Lipinski definition) is 2. The fraction of sp³-hybridized carbons (Fsp3) is 0.667. The lowest BCUT2D eigenvalue weighted by Gasteiger charge is -2.22. The van der Waals surface area contributed by atoms with Crippen molar-refractivity contribution in [1.82, 2.24) is 5.32 Å². The number of carbonyl (C=O) groups is 2. The monoisotopic (exact) mass is 177 g/mol. The van der Waals surface area contributed by atoms with Gasteiger partial charge in [-0.2, -0.15) is 11.8 Å². The molecule has 11 heavy (non-hydrogen) atoms. The van der Waals surface area contributed by atoms with E-state index in [2.05, 4.69) is 5.32 Å². The van der Waals surface area contributed by atoms with Gasteiger partial charge in [0.05, 0.1) is 0 Å².